The van der Waals surface area contributed by atoms with Crippen molar-refractivity contribution in [2.24, 2.45) is 0 Å². The van der Waals surface area contributed by atoms with Crippen molar-refractivity contribution in [2.45, 2.75) is 26.2 Å². The zero-order valence-electron chi connectivity index (χ0n) is 20.8. The highest BCUT2D eigenvalue weighted by Crippen LogP contribution is 2.35. The molecule has 0 fully saturated rings. The second kappa shape index (κ2) is 9.89. The van der Waals surface area contributed by atoms with Gasteiger partial charge in [-0.15, -0.1) is 0 Å². The molecule has 7 nitrogen and oxygen atoms in total. The average Bonchev–Trinajstić information content (AvgIpc) is 3.56. The summed E-state index contributed by atoms with van der Waals surface area (Å²) in [4.78, 5) is 24.2. The molecular weight excluding hydrogens is 479 g/mol. The number of carbonyl (C=O) groups excluding carboxylic acids is 1. The molecule has 0 radical (unpaired) electrons. The Bertz CT molecular complexity index is 1790. The second-order valence-corrected chi connectivity index (χ2v) is 9.26. The fourth-order valence-corrected chi connectivity index (χ4v) is 4.70. The summed E-state index contributed by atoms with van der Waals surface area (Å²) in [7, 11) is 0. The van der Waals surface area contributed by atoms with Crippen LogP contribution in [0, 0.1) is 5.82 Å². The summed E-state index contributed by atoms with van der Waals surface area (Å²) in [6, 6.07) is 16.6. The molecule has 4 heterocycles. The van der Waals surface area contributed by atoms with Gasteiger partial charge in [-0.2, -0.15) is 5.10 Å². The van der Waals surface area contributed by atoms with E-state index >= 15 is 0 Å². The molecule has 0 aliphatic carbocycles. The maximum absolute atomic E-state index is 14.6. The predicted molar refractivity (Wildman–Crippen MR) is 148 cm³/mol. The number of halogens is 1. The first-order chi connectivity index (χ1) is 18.6. The van der Waals surface area contributed by atoms with Crippen LogP contribution in [0.4, 0.5) is 10.1 Å². The Morgan fingerprint density at radius 3 is 2.63 bits per heavy atom. The molecule has 2 aromatic carbocycles. The topological polar surface area (TPSA) is 99.3 Å². The van der Waals surface area contributed by atoms with Crippen LogP contribution < -0.4 is 5.32 Å². The number of benzene rings is 2. The average molecular weight is 505 g/mol. The molecule has 0 aliphatic rings. The zero-order valence-corrected chi connectivity index (χ0v) is 20.8. The van der Waals surface area contributed by atoms with E-state index in [1.807, 2.05) is 30.3 Å². The lowest BCUT2D eigenvalue weighted by Gasteiger charge is -2.07. The van der Waals surface area contributed by atoms with Crippen LogP contribution in [0.1, 0.15) is 26.2 Å². The van der Waals surface area contributed by atoms with Crippen LogP contribution in [0.3, 0.4) is 0 Å². The van der Waals surface area contributed by atoms with Gasteiger partial charge < -0.3 is 10.3 Å². The van der Waals surface area contributed by atoms with E-state index in [-0.39, 0.29) is 11.7 Å². The summed E-state index contributed by atoms with van der Waals surface area (Å²) in [5.74, 6) is -0.307. The number of amides is 1. The molecule has 6 aromatic rings. The Balaban J connectivity index is 1.38. The first-order valence-corrected chi connectivity index (χ1v) is 12.6. The molecule has 0 atom stereocenters. The molecule has 0 spiro atoms. The van der Waals surface area contributed by atoms with E-state index < -0.39 is 0 Å². The minimum absolute atomic E-state index is 0.0126. The number of hydrogen-bond acceptors (Lipinski definition) is 4. The molecule has 38 heavy (non-hydrogen) atoms. The molecular formula is C30H25FN6O. The largest absolute Gasteiger partial charge is 0.352 e. The van der Waals surface area contributed by atoms with Crippen LogP contribution >= 0.6 is 0 Å². The van der Waals surface area contributed by atoms with E-state index in [4.69, 9.17) is 0 Å². The van der Waals surface area contributed by atoms with E-state index in [9.17, 15) is 9.18 Å². The van der Waals surface area contributed by atoms with Crippen LogP contribution in [0.15, 0.2) is 79.4 Å². The lowest BCUT2D eigenvalue weighted by Crippen LogP contribution is -2.11. The SMILES string of the molecule is CCCCC(=O)Nc1cncc(-c2ccc3[nH]nc(-c4cc5c(-c6ccccc6F)cncc5[nH]4)c3c2)c1. The molecule has 0 unspecified atom stereocenters. The fraction of sp³-hybridized carbons (Fsp3) is 0.133. The maximum Gasteiger partial charge on any atom is 0.224 e. The fourth-order valence-electron chi connectivity index (χ4n) is 4.70. The van der Waals surface area contributed by atoms with E-state index in [0.29, 0.717) is 23.2 Å². The summed E-state index contributed by atoms with van der Waals surface area (Å²) in [6.45, 7) is 2.06. The van der Waals surface area contributed by atoms with Crippen LogP contribution in [0.25, 0.3) is 55.4 Å². The summed E-state index contributed by atoms with van der Waals surface area (Å²) in [6.07, 6.45) is 9.15. The number of H-pyrrole nitrogens is 2. The summed E-state index contributed by atoms with van der Waals surface area (Å²) < 4.78 is 14.6. The Hall–Kier alpha value is -4.85. The number of nitrogens with zero attached hydrogens (tertiary/aromatic N) is 3. The Labute approximate surface area is 218 Å². The first kappa shape index (κ1) is 23.5. The van der Waals surface area contributed by atoms with Gasteiger partial charge in [0.2, 0.25) is 5.91 Å². The predicted octanol–water partition coefficient (Wildman–Crippen LogP) is 7.10. The summed E-state index contributed by atoms with van der Waals surface area (Å²) in [5.41, 5.74) is 6.93. The van der Waals surface area contributed by atoms with Gasteiger partial charge in [-0.3, -0.25) is 19.9 Å². The van der Waals surface area contributed by atoms with Crippen molar-refractivity contribution in [1.29, 1.82) is 0 Å². The van der Waals surface area contributed by atoms with Crippen molar-refractivity contribution in [3.8, 4) is 33.6 Å². The van der Waals surface area contributed by atoms with Crippen molar-refractivity contribution >= 4 is 33.4 Å². The highest BCUT2D eigenvalue weighted by atomic mass is 19.1. The second-order valence-electron chi connectivity index (χ2n) is 9.26. The molecule has 4 aromatic heterocycles. The summed E-state index contributed by atoms with van der Waals surface area (Å²) >= 11 is 0. The van der Waals surface area contributed by atoms with Gasteiger partial charge in [0.1, 0.15) is 11.5 Å². The number of hydrogen-bond donors (Lipinski definition) is 3. The Morgan fingerprint density at radius 1 is 0.895 bits per heavy atom. The highest BCUT2D eigenvalue weighted by molar-refractivity contribution is 6.01. The van der Waals surface area contributed by atoms with Gasteiger partial charge in [-0.05, 0) is 42.3 Å². The van der Waals surface area contributed by atoms with Gasteiger partial charge in [0.25, 0.3) is 0 Å². The third-order valence-corrected chi connectivity index (χ3v) is 6.64. The number of carbonyl (C=O) groups is 1. The van der Waals surface area contributed by atoms with Crippen molar-refractivity contribution in [2.75, 3.05) is 5.32 Å². The first-order valence-electron chi connectivity index (χ1n) is 12.6. The van der Waals surface area contributed by atoms with Gasteiger partial charge in [0.05, 0.1) is 34.8 Å². The van der Waals surface area contributed by atoms with Gasteiger partial charge in [0, 0.05) is 46.3 Å². The number of unbranched alkanes of at least 4 members (excludes halogenated alkanes) is 1. The number of aromatic amines is 2. The Morgan fingerprint density at radius 2 is 1.76 bits per heavy atom. The monoisotopic (exact) mass is 504 g/mol. The molecule has 6 rings (SSSR count). The minimum Gasteiger partial charge on any atom is -0.352 e. The lowest BCUT2D eigenvalue weighted by atomic mass is 10.0. The number of fused-ring (bicyclic) bond motifs is 2. The van der Waals surface area contributed by atoms with Crippen molar-refractivity contribution in [3.63, 3.8) is 0 Å². The van der Waals surface area contributed by atoms with Crippen LogP contribution in [-0.2, 0) is 4.79 Å². The normalized spacial score (nSPS) is 11.3. The number of anilines is 1. The van der Waals surface area contributed by atoms with E-state index in [1.54, 1.807) is 36.9 Å². The minimum atomic E-state index is -0.295. The summed E-state index contributed by atoms with van der Waals surface area (Å²) in [5, 5.41) is 12.4. The third kappa shape index (κ3) is 4.41. The molecule has 1 amide bonds. The van der Waals surface area contributed by atoms with Gasteiger partial charge in [-0.25, -0.2) is 4.39 Å². The molecule has 8 heteroatoms. The highest BCUT2D eigenvalue weighted by Gasteiger charge is 2.16. The smallest absolute Gasteiger partial charge is 0.224 e. The van der Waals surface area contributed by atoms with E-state index in [2.05, 4.69) is 43.5 Å². The van der Waals surface area contributed by atoms with Gasteiger partial charge in [-0.1, -0.05) is 37.6 Å². The number of pyridine rings is 2. The molecule has 0 saturated heterocycles. The van der Waals surface area contributed by atoms with Crippen LogP contribution in [-0.4, -0.2) is 31.1 Å². The molecule has 0 bridgehead atoms. The zero-order chi connectivity index (χ0) is 26.1. The molecule has 0 saturated carbocycles. The molecule has 0 aliphatic heterocycles. The Kier molecular flexibility index (Phi) is 6.13. The van der Waals surface area contributed by atoms with Crippen molar-refractivity contribution in [3.05, 3.63) is 85.2 Å². The van der Waals surface area contributed by atoms with Crippen molar-refractivity contribution in [1.82, 2.24) is 25.1 Å². The standard InChI is InChI=1S/C30H25FN6O/c1-2-3-8-29(38)34-20-11-19(14-32-15-20)18-9-10-26-23(12-18)30(37-36-26)27-13-22-24(16-33-17-28(22)35-27)21-6-4-5-7-25(21)31/h4-7,9-17,35H,2-3,8H2,1H3,(H,34,38)(H,36,37). The van der Waals surface area contributed by atoms with Crippen molar-refractivity contribution < 1.29 is 9.18 Å². The number of rotatable bonds is 7. The van der Waals surface area contributed by atoms with E-state index in [0.717, 1.165) is 57.2 Å². The van der Waals surface area contributed by atoms with Crippen LogP contribution in [0.5, 0.6) is 0 Å². The van der Waals surface area contributed by atoms with Crippen LogP contribution in [0.2, 0.25) is 0 Å². The third-order valence-electron chi connectivity index (χ3n) is 6.64. The molecule has 3 N–H and O–H groups in total. The number of aromatic nitrogens is 5. The number of nitrogens with one attached hydrogen (secondary N) is 3. The van der Waals surface area contributed by atoms with Gasteiger partial charge >= 0.3 is 0 Å². The van der Waals surface area contributed by atoms with Gasteiger partial charge in [0.15, 0.2) is 0 Å². The maximum atomic E-state index is 14.6. The van der Waals surface area contributed by atoms with E-state index in [1.165, 1.54) is 6.07 Å². The molecule has 188 valence electrons. The quantitative estimate of drug-likeness (QED) is 0.216. The lowest BCUT2D eigenvalue weighted by molar-refractivity contribution is -0.116.